The molecule has 0 radical (unpaired) electrons. The summed E-state index contributed by atoms with van der Waals surface area (Å²) >= 11 is 5.99. The molecule has 2 heterocycles. The zero-order chi connectivity index (χ0) is 17.3. The third kappa shape index (κ3) is 3.76. The Morgan fingerprint density at radius 2 is 2.16 bits per heavy atom. The lowest BCUT2D eigenvalue weighted by molar-refractivity contribution is -0.159. The number of carbonyl (C=O) groups excluding carboxylic acids is 1. The van der Waals surface area contributed by atoms with Crippen LogP contribution in [0.3, 0.4) is 0 Å². The van der Waals surface area contributed by atoms with Gasteiger partial charge in [0.05, 0.1) is 11.8 Å². The Kier molecular flexibility index (Phi) is 6.30. The van der Waals surface area contributed by atoms with Gasteiger partial charge in [-0.2, -0.15) is 0 Å². The number of fused-ring (bicyclic) bond motifs is 1. The van der Waals surface area contributed by atoms with Crippen molar-refractivity contribution < 1.29 is 19.1 Å². The summed E-state index contributed by atoms with van der Waals surface area (Å²) < 4.78 is 13.9. The number of carboxylic acids is 1. The second-order valence-corrected chi connectivity index (χ2v) is 6.95. The summed E-state index contributed by atoms with van der Waals surface area (Å²) in [4.78, 5) is 25.9. The first kappa shape index (κ1) is 19.9. The normalized spacial score (nSPS) is 25.7. The Morgan fingerprint density at radius 1 is 1.40 bits per heavy atom. The highest BCUT2D eigenvalue weighted by Crippen LogP contribution is 2.39. The summed E-state index contributed by atoms with van der Waals surface area (Å²) in [5, 5.41) is 13.1. The molecule has 1 aromatic carbocycles. The lowest BCUT2D eigenvalue weighted by Gasteiger charge is -2.48. The van der Waals surface area contributed by atoms with Gasteiger partial charge in [0, 0.05) is 29.7 Å². The third-order valence-electron chi connectivity index (χ3n) is 5.26. The van der Waals surface area contributed by atoms with Gasteiger partial charge in [-0.1, -0.05) is 17.7 Å². The van der Waals surface area contributed by atoms with Crippen LogP contribution in [0.5, 0.6) is 0 Å². The van der Waals surface area contributed by atoms with Gasteiger partial charge in [-0.05, 0) is 37.9 Å². The molecule has 0 aliphatic carbocycles. The van der Waals surface area contributed by atoms with Crippen LogP contribution in [0.15, 0.2) is 18.2 Å². The second-order valence-electron chi connectivity index (χ2n) is 6.54. The van der Waals surface area contributed by atoms with Gasteiger partial charge in [-0.15, -0.1) is 12.4 Å². The molecule has 2 aliphatic heterocycles. The molecule has 0 bridgehead atoms. The second kappa shape index (κ2) is 7.89. The summed E-state index contributed by atoms with van der Waals surface area (Å²) in [6.45, 7) is 1.45. The molecule has 5 nitrogen and oxygen atoms in total. The van der Waals surface area contributed by atoms with E-state index in [1.54, 1.807) is 11.0 Å². The van der Waals surface area contributed by atoms with Crippen LogP contribution in [-0.4, -0.2) is 47.6 Å². The Hall–Kier alpha value is -1.37. The topological polar surface area (TPSA) is 69.6 Å². The van der Waals surface area contributed by atoms with Gasteiger partial charge in [0.25, 0.3) is 0 Å². The van der Waals surface area contributed by atoms with Crippen LogP contribution in [-0.2, 0) is 16.0 Å². The number of aliphatic carboxylic acids is 1. The Labute approximate surface area is 156 Å². The molecule has 3 rings (SSSR count). The molecule has 2 N–H and O–H groups in total. The molecule has 8 heteroatoms. The number of nitrogens with zero attached hydrogens (tertiary/aromatic N) is 1. The Bertz CT molecular complexity index is 653. The quantitative estimate of drug-likeness (QED) is 0.831. The van der Waals surface area contributed by atoms with E-state index in [0.29, 0.717) is 25.9 Å². The molecular weight excluding hydrogens is 370 g/mol. The molecule has 1 aromatic rings. The number of benzene rings is 1. The highest BCUT2D eigenvalue weighted by molar-refractivity contribution is 6.31. The predicted molar refractivity (Wildman–Crippen MR) is 94.7 cm³/mol. The van der Waals surface area contributed by atoms with Crippen molar-refractivity contribution in [1.29, 1.82) is 0 Å². The van der Waals surface area contributed by atoms with Crippen LogP contribution in [0.2, 0.25) is 5.02 Å². The summed E-state index contributed by atoms with van der Waals surface area (Å²) in [6, 6.07) is 4.07. The molecule has 2 atom stereocenters. The van der Waals surface area contributed by atoms with Gasteiger partial charge >= 0.3 is 5.97 Å². The SMILES string of the molecule is Cl.O=C(Cc1c(F)cccc1Cl)N1CC[C@@]2(C(=O)O)CCCN[C@@H]2C1. The molecule has 0 aromatic heterocycles. The van der Waals surface area contributed by atoms with E-state index in [4.69, 9.17) is 11.6 Å². The van der Waals surface area contributed by atoms with E-state index in [2.05, 4.69) is 5.32 Å². The fourth-order valence-corrected chi connectivity index (χ4v) is 4.02. The number of hydrogen-bond acceptors (Lipinski definition) is 3. The van der Waals surface area contributed by atoms with Crippen LogP contribution < -0.4 is 5.32 Å². The molecule has 0 saturated carbocycles. The number of halogens is 3. The largest absolute Gasteiger partial charge is 0.481 e. The molecule has 2 aliphatic rings. The predicted octanol–water partition coefficient (Wildman–Crippen LogP) is 2.50. The number of piperidine rings is 2. The van der Waals surface area contributed by atoms with Crippen LogP contribution in [0.1, 0.15) is 24.8 Å². The van der Waals surface area contributed by atoms with E-state index >= 15 is 0 Å². The number of nitrogens with one attached hydrogen (secondary N) is 1. The number of carboxylic acid groups (broad SMARTS) is 1. The summed E-state index contributed by atoms with van der Waals surface area (Å²) in [7, 11) is 0. The van der Waals surface area contributed by atoms with E-state index in [-0.39, 0.29) is 41.4 Å². The first-order chi connectivity index (χ1) is 11.4. The first-order valence-electron chi connectivity index (χ1n) is 8.11. The lowest BCUT2D eigenvalue weighted by atomic mass is 9.69. The van der Waals surface area contributed by atoms with Crippen molar-refractivity contribution in [2.24, 2.45) is 5.41 Å². The van der Waals surface area contributed by atoms with E-state index in [9.17, 15) is 19.1 Å². The molecule has 25 heavy (non-hydrogen) atoms. The van der Waals surface area contributed by atoms with Gasteiger partial charge < -0.3 is 15.3 Å². The number of likely N-dealkylation sites (tertiary alicyclic amines) is 1. The smallest absolute Gasteiger partial charge is 0.311 e. The van der Waals surface area contributed by atoms with E-state index in [0.717, 1.165) is 13.0 Å². The number of amides is 1. The van der Waals surface area contributed by atoms with Crippen LogP contribution in [0, 0.1) is 11.2 Å². The van der Waals surface area contributed by atoms with E-state index < -0.39 is 17.2 Å². The average Bonchev–Trinajstić information content (AvgIpc) is 2.57. The summed E-state index contributed by atoms with van der Waals surface area (Å²) in [5.74, 6) is -1.53. The molecular formula is C17H21Cl2FN2O3. The molecule has 138 valence electrons. The van der Waals surface area contributed by atoms with Crippen LogP contribution >= 0.6 is 24.0 Å². The minimum Gasteiger partial charge on any atom is -0.481 e. The van der Waals surface area contributed by atoms with E-state index in [1.165, 1.54) is 12.1 Å². The zero-order valence-corrected chi connectivity index (χ0v) is 15.2. The Balaban J connectivity index is 0.00000225. The molecule has 2 fully saturated rings. The first-order valence-corrected chi connectivity index (χ1v) is 8.49. The standard InChI is InChI=1S/C17H20ClFN2O3.ClH/c18-12-3-1-4-13(19)11(12)9-15(22)21-8-6-17(16(23)24)5-2-7-20-14(17)10-21;/h1,3-4,14,20H,2,5-10H2,(H,23,24);1H/t14-,17+;/m1./s1. The third-order valence-corrected chi connectivity index (χ3v) is 5.61. The van der Waals surface area contributed by atoms with Gasteiger partial charge in [0.2, 0.25) is 5.91 Å². The number of hydrogen-bond donors (Lipinski definition) is 2. The van der Waals surface area contributed by atoms with Gasteiger partial charge in [0.1, 0.15) is 5.82 Å². The van der Waals surface area contributed by atoms with Crippen molar-refractivity contribution in [1.82, 2.24) is 10.2 Å². The van der Waals surface area contributed by atoms with Gasteiger partial charge in [-0.3, -0.25) is 9.59 Å². The number of rotatable bonds is 3. The molecule has 0 unspecified atom stereocenters. The lowest BCUT2D eigenvalue weighted by Crippen LogP contribution is -2.63. The van der Waals surface area contributed by atoms with Crippen molar-refractivity contribution >= 4 is 35.9 Å². The fraction of sp³-hybridized carbons (Fsp3) is 0.529. The van der Waals surface area contributed by atoms with Crippen molar-refractivity contribution in [3.05, 3.63) is 34.6 Å². The maximum atomic E-state index is 13.9. The van der Waals surface area contributed by atoms with Crippen LogP contribution in [0.25, 0.3) is 0 Å². The maximum absolute atomic E-state index is 13.9. The summed E-state index contributed by atoms with van der Waals surface area (Å²) in [6.07, 6.45) is 1.75. The fourth-order valence-electron chi connectivity index (χ4n) is 3.79. The molecule has 1 amide bonds. The maximum Gasteiger partial charge on any atom is 0.311 e. The molecule has 2 saturated heterocycles. The highest BCUT2D eigenvalue weighted by Gasteiger charge is 2.50. The number of carbonyl (C=O) groups is 2. The zero-order valence-electron chi connectivity index (χ0n) is 13.6. The van der Waals surface area contributed by atoms with Crippen molar-refractivity contribution in [3.8, 4) is 0 Å². The average molecular weight is 391 g/mol. The Morgan fingerprint density at radius 3 is 2.84 bits per heavy atom. The van der Waals surface area contributed by atoms with Crippen molar-refractivity contribution in [2.45, 2.75) is 31.7 Å². The van der Waals surface area contributed by atoms with Crippen LogP contribution in [0.4, 0.5) is 4.39 Å². The van der Waals surface area contributed by atoms with Crippen molar-refractivity contribution in [3.63, 3.8) is 0 Å². The van der Waals surface area contributed by atoms with Gasteiger partial charge in [-0.25, -0.2) is 4.39 Å². The van der Waals surface area contributed by atoms with Gasteiger partial charge in [0.15, 0.2) is 0 Å². The van der Waals surface area contributed by atoms with E-state index in [1.807, 2.05) is 0 Å². The minimum absolute atomic E-state index is 0. The molecule has 0 spiro atoms. The highest BCUT2D eigenvalue weighted by atomic mass is 35.5. The minimum atomic E-state index is -0.802. The summed E-state index contributed by atoms with van der Waals surface area (Å²) in [5.41, 5.74) is -0.610. The monoisotopic (exact) mass is 390 g/mol. The van der Waals surface area contributed by atoms with Crippen molar-refractivity contribution in [2.75, 3.05) is 19.6 Å².